The van der Waals surface area contributed by atoms with Crippen molar-refractivity contribution < 1.29 is 0 Å². The lowest BCUT2D eigenvalue weighted by Gasteiger charge is -2.18. The Bertz CT molecular complexity index is 671. The summed E-state index contributed by atoms with van der Waals surface area (Å²) in [6, 6.07) is 25.9. The van der Waals surface area contributed by atoms with Crippen molar-refractivity contribution in [1.29, 1.82) is 0 Å². The van der Waals surface area contributed by atoms with Gasteiger partial charge in [0.25, 0.3) is 0 Å². The van der Waals surface area contributed by atoms with E-state index >= 15 is 0 Å². The first-order valence-corrected chi connectivity index (χ1v) is 9.08. The molecule has 2 aromatic carbocycles. The molecule has 2 heteroatoms. The van der Waals surface area contributed by atoms with Crippen molar-refractivity contribution >= 4 is 24.0 Å². The lowest BCUT2D eigenvalue weighted by molar-refractivity contribution is 0.920. The van der Waals surface area contributed by atoms with E-state index in [1.807, 2.05) is 6.20 Å². The van der Waals surface area contributed by atoms with Gasteiger partial charge in [-0.25, -0.2) is 0 Å². The Morgan fingerprint density at radius 2 is 1.41 bits per heavy atom. The molecule has 1 heterocycles. The summed E-state index contributed by atoms with van der Waals surface area (Å²) in [5.41, 5.74) is 2.57. The number of aromatic nitrogens is 1. The maximum absolute atomic E-state index is 4.70. The molecule has 22 heavy (non-hydrogen) atoms. The van der Waals surface area contributed by atoms with Gasteiger partial charge < -0.3 is 0 Å². The van der Waals surface area contributed by atoms with Gasteiger partial charge in [-0.05, 0) is 34.7 Å². The highest BCUT2D eigenvalue weighted by Crippen LogP contribution is 2.31. The van der Waals surface area contributed by atoms with E-state index < -0.39 is 7.92 Å². The molecular formula is C20H20NP. The van der Waals surface area contributed by atoms with E-state index in [9.17, 15) is 0 Å². The quantitative estimate of drug-likeness (QED) is 0.654. The predicted octanol–water partition coefficient (Wildman–Crippen LogP) is 3.79. The topological polar surface area (TPSA) is 12.9 Å². The summed E-state index contributed by atoms with van der Waals surface area (Å²) in [5, 5.41) is 2.70. The van der Waals surface area contributed by atoms with Crippen LogP contribution in [0.3, 0.4) is 0 Å². The second-order valence-corrected chi connectivity index (χ2v) is 7.44. The molecule has 0 aliphatic carbocycles. The van der Waals surface area contributed by atoms with Crippen LogP contribution in [0.15, 0.2) is 79.0 Å². The van der Waals surface area contributed by atoms with E-state index in [0.717, 1.165) is 12.8 Å². The van der Waals surface area contributed by atoms with Crippen LogP contribution in [0.25, 0.3) is 0 Å². The minimum Gasteiger partial charge on any atom is -0.256 e. The van der Waals surface area contributed by atoms with Gasteiger partial charge in [-0.2, -0.15) is 0 Å². The van der Waals surface area contributed by atoms with Crippen molar-refractivity contribution in [2.75, 3.05) is 0 Å². The molecule has 3 rings (SSSR count). The number of pyridine rings is 1. The third-order valence-corrected chi connectivity index (χ3v) is 5.94. The van der Waals surface area contributed by atoms with Gasteiger partial charge in [-0.1, -0.05) is 74.0 Å². The molecule has 0 fully saturated rings. The molecule has 0 radical (unpaired) electrons. The van der Waals surface area contributed by atoms with Crippen molar-refractivity contribution in [2.45, 2.75) is 19.8 Å². The molecule has 0 bridgehead atoms. The summed E-state index contributed by atoms with van der Waals surface area (Å²) in [4.78, 5) is 4.70. The van der Waals surface area contributed by atoms with E-state index in [1.165, 1.54) is 21.6 Å². The number of aryl methyl sites for hydroxylation is 1. The second-order valence-electron chi connectivity index (χ2n) is 5.28. The molecule has 0 amide bonds. The molecular weight excluding hydrogens is 285 g/mol. The number of benzene rings is 2. The normalized spacial score (nSPS) is 10.8. The molecule has 1 aromatic heterocycles. The average molecular weight is 305 g/mol. The standard InChI is InChI=1S/C20H20NP/c1-2-9-17-14-15-21-20(16-17)22(18-10-5-3-6-11-18)19-12-7-4-8-13-19/h3-8,10-16H,2,9H2,1H3. The van der Waals surface area contributed by atoms with Gasteiger partial charge in [0.05, 0.1) is 5.44 Å². The summed E-state index contributed by atoms with van der Waals surface area (Å²) in [7, 11) is -0.584. The van der Waals surface area contributed by atoms with Crippen molar-refractivity contribution in [2.24, 2.45) is 0 Å². The first-order chi connectivity index (χ1) is 10.9. The molecule has 0 aliphatic rings. The minimum absolute atomic E-state index is 0.584. The monoisotopic (exact) mass is 305 g/mol. The summed E-state index contributed by atoms with van der Waals surface area (Å²) < 4.78 is 0. The van der Waals surface area contributed by atoms with Gasteiger partial charge in [0.15, 0.2) is 0 Å². The highest BCUT2D eigenvalue weighted by Gasteiger charge is 2.17. The number of hydrogen-bond donors (Lipinski definition) is 0. The Morgan fingerprint density at radius 3 is 1.95 bits per heavy atom. The second kappa shape index (κ2) is 7.33. The van der Waals surface area contributed by atoms with E-state index in [1.54, 1.807) is 0 Å². The number of rotatable bonds is 5. The Hall–Kier alpha value is -1.98. The Morgan fingerprint density at radius 1 is 0.818 bits per heavy atom. The number of hydrogen-bond acceptors (Lipinski definition) is 1. The molecule has 0 spiro atoms. The molecule has 1 nitrogen and oxygen atoms in total. The third-order valence-electron chi connectivity index (χ3n) is 3.61. The zero-order chi connectivity index (χ0) is 15.2. The fraction of sp³-hybridized carbons (Fsp3) is 0.150. The van der Waals surface area contributed by atoms with Crippen molar-refractivity contribution in [1.82, 2.24) is 4.98 Å². The summed E-state index contributed by atoms with van der Waals surface area (Å²) in [5.74, 6) is 0. The highest BCUT2D eigenvalue weighted by atomic mass is 31.1. The van der Waals surface area contributed by atoms with E-state index in [-0.39, 0.29) is 0 Å². The van der Waals surface area contributed by atoms with Crippen LogP contribution in [-0.4, -0.2) is 4.98 Å². The van der Waals surface area contributed by atoms with Crippen molar-refractivity contribution in [3.8, 4) is 0 Å². The maximum atomic E-state index is 4.70. The lowest BCUT2D eigenvalue weighted by atomic mass is 10.2. The average Bonchev–Trinajstić information content (AvgIpc) is 2.58. The molecule has 0 aliphatic heterocycles. The van der Waals surface area contributed by atoms with Crippen LogP contribution in [0, 0.1) is 0 Å². The smallest absolute Gasteiger partial charge is 0.0723 e. The van der Waals surface area contributed by atoms with Gasteiger partial charge in [-0.3, -0.25) is 4.98 Å². The van der Waals surface area contributed by atoms with Gasteiger partial charge in [0, 0.05) is 14.1 Å². The van der Waals surface area contributed by atoms with Crippen LogP contribution >= 0.6 is 7.92 Å². The zero-order valence-electron chi connectivity index (χ0n) is 12.8. The summed E-state index contributed by atoms with van der Waals surface area (Å²) >= 11 is 0. The first-order valence-electron chi connectivity index (χ1n) is 7.73. The third kappa shape index (κ3) is 3.43. The van der Waals surface area contributed by atoms with Crippen LogP contribution in [0.2, 0.25) is 0 Å². The minimum atomic E-state index is -0.584. The lowest BCUT2D eigenvalue weighted by Crippen LogP contribution is -2.23. The molecule has 3 aromatic rings. The molecule has 0 saturated heterocycles. The maximum Gasteiger partial charge on any atom is 0.0723 e. The van der Waals surface area contributed by atoms with Crippen molar-refractivity contribution in [3.05, 3.63) is 84.6 Å². The van der Waals surface area contributed by atoms with Gasteiger partial charge >= 0.3 is 0 Å². The Kier molecular flexibility index (Phi) is 4.98. The highest BCUT2D eigenvalue weighted by molar-refractivity contribution is 7.79. The van der Waals surface area contributed by atoms with Gasteiger partial charge in [-0.15, -0.1) is 0 Å². The fourth-order valence-corrected chi connectivity index (χ4v) is 4.84. The number of nitrogens with zero attached hydrogens (tertiary/aromatic N) is 1. The van der Waals surface area contributed by atoms with Crippen LogP contribution in [0.1, 0.15) is 18.9 Å². The Balaban J connectivity index is 2.08. The summed E-state index contributed by atoms with van der Waals surface area (Å²) in [6.07, 6.45) is 4.24. The van der Waals surface area contributed by atoms with Crippen LogP contribution in [0.5, 0.6) is 0 Å². The first kappa shape index (κ1) is 14.9. The molecule has 0 unspecified atom stereocenters. The molecule has 0 atom stereocenters. The molecule has 0 N–H and O–H groups in total. The predicted molar refractivity (Wildman–Crippen MR) is 96.9 cm³/mol. The van der Waals surface area contributed by atoms with Crippen LogP contribution in [-0.2, 0) is 6.42 Å². The van der Waals surface area contributed by atoms with Gasteiger partial charge in [0.1, 0.15) is 0 Å². The summed E-state index contributed by atoms with van der Waals surface area (Å²) in [6.45, 7) is 2.22. The van der Waals surface area contributed by atoms with E-state index in [4.69, 9.17) is 4.98 Å². The van der Waals surface area contributed by atoms with E-state index in [0.29, 0.717) is 0 Å². The van der Waals surface area contributed by atoms with E-state index in [2.05, 4.69) is 79.7 Å². The van der Waals surface area contributed by atoms with Crippen LogP contribution < -0.4 is 16.0 Å². The largest absolute Gasteiger partial charge is 0.256 e. The Labute approximate surface area is 133 Å². The molecule has 0 saturated carbocycles. The van der Waals surface area contributed by atoms with Crippen LogP contribution in [0.4, 0.5) is 0 Å². The van der Waals surface area contributed by atoms with Gasteiger partial charge in [0.2, 0.25) is 0 Å². The fourth-order valence-electron chi connectivity index (χ4n) is 2.59. The van der Waals surface area contributed by atoms with Crippen molar-refractivity contribution in [3.63, 3.8) is 0 Å². The SMILES string of the molecule is CCCc1ccnc(P(c2ccccc2)c2ccccc2)c1. The zero-order valence-corrected chi connectivity index (χ0v) is 13.7. The molecule has 110 valence electrons.